The summed E-state index contributed by atoms with van der Waals surface area (Å²) in [5.74, 6) is -1.26. The fraction of sp³-hybridized carbons (Fsp3) is 0.133. The third kappa shape index (κ3) is 4.16. The maximum Gasteiger partial charge on any atom is 0.279 e. The fourth-order valence-electron chi connectivity index (χ4n) is 1.63. The zero-order valence-corrected chi connectivity index (χ0v) is 12.6. The van der Waals surface area contributed by atoms with Crippen molar-refractivity contribution in [2.75, 3.05) is 0 Å². The molecule has 0 saturated heterocycles. The van der Waals surface area contributed by atoms with Crippen LogP contribution in [0.4, 0.5) is 0 Å². The third-order valence-corrected chi connectivity index (χ3v) is 3.69. The number of hydrogen-bond donors (Lipinski definition) is 3. The van der Waals surface area contributed by atoms with Crippen LogP contribution in [0.2, 0.25) is 0 Å². The summed E-state index contributed by atoms with van der Waals surface area (Å²) >= 11 is 1.27. The Hall–Kier alpha value is -2.67. The number of hydrazine groups is 1. The summed E-state index contributed by atoms with van der Waals surface area (Å²) in [6.07, 6.45) is 0. The maximum absolute atomic E-state index is 11.9. The average molecular weight is 317 g/mol. The molecule has 1 heterocycles. The lowest BCUT2D eigenvalue weighted by Gasteiger charge is -2.14. The molecule has 0 aliphatic carbocycles. The van der Waals surface area contributed by atoms with Gasteiger partial charge in [0.2, 0.25) is 0 Å². The molecule has 0 fully saturated rings. The van der Waals surface area contributed by atoms with Crippen LogP contribution in [0, 0.1) is 0 Å². The minimum Gasteiger partial charge on any atom is -0.340 e. The highest BCUT2D eigenvalue weighted by Crippen LogP contribution is 2.07. The molecule has 7 heteroatoms. The lowest BCUT2D eigenvalue weighted by Crippen LogP contribution is -2.51. The molecule has 0 spiro atoms. The van der Waals surface area contributed by atoms with E-state index < -0.39 is 17.9 Å². The van der Waals surface area contributed by atoms with Crippen molar-refractivity contribution < 1.29 is 14.4 Å². The predicted molar refractivity (Wildman–Crippen MR) is 83.3 cm³/mol. The Balaban J connectivity index is 1.82. The second-order valence-electron chi connectivity index (χ2n) is 4.48. The first kappa shape index (κ1) is 15.7. The van der Waals surface area contributed by atoms with Gasteiger partial charge < -0.3 is 5.32 Å². The van der Waals surface area contributed by atoms with E-state index in [1.165, 1.54) is 18.3 Å². The highest BCUT2D eigenvalue weighted by Gasteiger charge is 2.17. The molecular weight excluding hydrogens is 302 g/mol. The molecule has 6 nitrogen and oxygen atoms in total. The number of hydrogen-bond acceptors (Lipinski definition) is 4. The minimum absolute atomic E-state index is 0.354. The summed E-state index contributed by atoms with van der Waals surface area (Å²) in [6.45, 7) is 1.54. The number of thiophene rings is 1. The fourth-order valence-corrected chi connectivity index (χ4v) is 2.25. The molecule has 3 N–H and O–H groups in total. The monoisotopic (exact) mass is 317 g/mol. The Kier molecular flexibility index (Phi) is 5.26. The molecule has 2 rings (SSSR count). The second kappa shape index (κ2) is 7.37. The molecule has 22 heavy (non-hydrogen) atoms. The van der Waals surface area contributed by atoms with E-state index in [1.807, 2.05) is 0 Å². The first-order valence-corrected chi connectivity index (χ1v) is 7.45. The van der Waals surface area contributed by atoms with Gasteiger partial charge in [0.15, 0.2) is 0 Å². The van der Waals surface area contributed by atoms with Crippen molar-refractivity contribution in [3.8, 4) is 0 Å². The van der Waals surface area contributed by atoms with Gasteiger partial charge in [-0.25, -0.2) is 0 Å². The van der Waals surface area contributed by atoms with E-state index in [4.69, 9.17) is 0 Å². The van der Waals surface area contributed by atoms with Gasteiger partial charge in [0.25, 0.3) is 17.7 Å². The zero-order valence-electron chi connectivity index (χ0n) is 11.8. The summed E-state index contributed by atoms with van der Waals surface area (Å²) in [5, 5.41) is 4.32. The zero-order chi connectivity index (χ0) is 15.9. The Morgan fingerprint density at radius 3 is 2.32 bits per heavy atom. The van der Waals surface area contributed by atoms with Crippen LogP contribution in [0.3, 0.4) is 0 Å². The van der Waals surface area contributed by atoms with Gasteiger partial charge in [-0.1, -0.05) is 24.3 Å². The van der Waals surface area contributed by atoms with Crippen molar-refractivity contribution >= 4 is 29.1 Å². The maximum atomic E-state index is 11.9. The number of carbonyl (C=O) groups excluding carboxylic acids is 3. The molecule has 0 radical (unpaired) electrons. The topological polar surface area (TPSA) is 87.3 Å². The van der Waals surface area contributed by atoms with Gasteiger partial charge in [0, 0.05) is 5.56 Å². The summed E-state index contributed by atoms with van der Waals surface area (Å²) in [7, 11) is 0. The van der Waals surface area contributed by atoms with E-state index in [1.54, 1.807) is 47.8 Å². The lowest BCUT2D eigenvalue weighted by atomic mass is 10.2. The van der Waals surface area contributed by atoms with Crippen molar-refractivity contribution in [1.82, 2.24) is 16.2 Å². The van der Waals surface area contributed by atoms with Gasteiger partial charge in [0.05, 0.1) is 4.88 Å². The summed E-state index contributed by atoms with van der Waals surface area (Å²) < 4.78 is 0. The van der Waals surface area contributed by atoms with Crippen LogP contribution < -0.4 is 16.2 Å². The predicted octanol–water partition coefficient (Wildman–Crippen LogP) is 1.33. The molecule has 0 saturated carbocycles. The lowest BCUT2D eigenvalue weighted by molar-refractivity contribution is -0.123. The second-order valence-corrected chi connectivity index (χ2v) is 5.43. The van der Waals surface area contributed by atoms with Crippen molar-refractivity contribution in [3.05, 3.63) is 58.3 Å². The van der Waals surface area contributed by atoms with E-state index >= 15 is 0 Å². The third-order valence-electron chi connectivity index (χ3n) is 2.82. The van der Waals surface area contributed by atoms with Crippen molar-refractivity contribution in [2.24, 2.45) is 0 Å². The molecule has 114 valence electrons. The summed E-state index contributed by atoms with van der Waals surface area (Å²) in [6, 6.07) is 11.2. The molecule has 1 aromatic carbocycles. The highest BCUT2D eigenvalue weighted by atomic mass is 32.1. The Labute approximate surface area is 131 Å². The minimum atomic E-state index is -0.781. The van der Waals surface area contributed by atoms with E-state index in [0.717, 1.165) is 0 Å². The molecular formula is C15H15N3O3S. The van der Waals surface area contributed by atoms with Gasteiger partial charge >= 0.3 is 0 Å². The van der Waals surface area contributed by atoms with Gasteiger partial charge in [0.1, 0.15) is 6.04 Å². The van der Waals surface area contributed by atoms with Crippen LogP contribution in [0.25, 0.3) is 0 Å². The molecule has 1 aromatic heterocycles. The van der Waals surface area contributed by atoms with Crippen LogP contribution in [-0.4, -0.2) is 23.8 Å². The largest absolute Gasteiger partial charge is 0.340 e. The number of rotatable bonds is 4. The molecule has 3 amide bonds. The Morgan fingerprint density at radius 1 is 0.955 bits per heavy atom. The van der Waals surface area contributed by atoms with Crippen LogP contribution in [0.1, 0.15) is 27.0 Å². The van der Waals surface area contributed by atoms with E-state index in [-0.39, 0.29) is 5.91 Å². The molecule has 2 aromatic rings. The quantitative estimate of drug-likeness (QED) is 0.743. The number of nitrogens with one attached hydrogen (secondary N) is 3. The Bertz CT molecular complexity index is 656. The van der Waals surface area contributed by atoms with E-state index in [0.29, 0.717) is 10.4 Å². The van der Waals surface area contributed by atoms with Crippen molar-refractivity contribution in [3.63, 3.8) is 0 Å². The smallest absolute Gasteiger partial charge is 0.279 e. The first-order chi connectivity index (χ1) is 10.6. The standard InChI is InChI=1S/C15H15N3O3S/c1-10(16-14(20)11-6-3-2-4-7-11)13(19)17-18-15(21)12-8-5-9-22-12/h2-10H,1H3,(H,16,20)(H,17,19)(H,18,21). The van der Waals surface area contributed by atoms with Crippen LogP contribution in [0.15, 0.2) is 47.8 Å². The van der Waals surface area contributed by atoms with E-state index in [9.17, 15) is 14.4 Å². The van der Waals surface area contributed by atoms with Crippen LogP contribution in [0.5, 0.6) is 0 Å². The SMILES string of the molecule is CC(NC(=O)c1ccccc1)C(=O)NNC(=O)c1cccs1. The summed E-state index contributed by atoms with van der Waals surface area (Å²) in [5.41, 5.74) is 5.04. The molecule has 1 unspecified atom stereocenters. The number of amides is 3. The number of carbonyl (C=O) groups is 3. The Morgan fingerprint density at radius 2 is 1.68 bits per heavy atom. The van der Waals surface area contributed by atoms with Crippen LogP contribution >= 0.6 is 11.3 Å². The first-order valence-electron chi connectivity index (χ1n) is 6.57. The molecule has 0 bridgehead atoms. The van der Waals surface area contributed by atoms with Gasteiger partial charge in [-0.2, -0.15) is 0 Å². The van der Waals surface area contributed by atoms with Gasteiger partial charge in [-0.15, -0.1) is 11.3 Å². The summed E-state index contributed by atoms with van der Waals surface area (Å²) in [4.78, 5) is 35.9. The van der Waals surface area contributed by atoms with Crippen molar-refractivity contribution in [2.45, 2.75) is 13.0 Å². The van der Waals surface area contributed by atoms with Crippen molar-refractivity contribution in [1.29, 1.82) is 0 Å². The average Bonchev–Trinajstić information content (AvgIpc) is 3.07. The molecule has 0 aliphatic heterocycles. The normalized spacial score (nSPS) is 11.3. The molecule has 0 aliphatic rings. The van der Waals surface area contributed by atoms with E-state index in [2.05, 4.69) is 16.2 Å². The number of benzene rings is 1. The van der Waals surface area contributed by atoms with Gasteiger partial charge in [-0.3, -0.25) is 25.2 Å². The van der Waals surface area contributed by atoms with Crippen LogP contribution in [-0.2, 0) is 4.79 Å². The highest BCUT2D eigenvalue weighted by molar-refractivity contribution is 7.12. The van der Waals surface area contributed by atoms with Gasteiger partial charge in [-0.05, 0) is 30.5 Å². The molecule has 1 atom stereocenters.